The van der Waals surface area contributed by atoms with Crippen molar-refractivity contribution >= 4 is 77.3 Å². The molecule has 1 saturated carbocycles. The summed E-state index contributed by atoms with van der Waals surface area (Å²) in [6.07, 6.45) is 9.72. The van der Waals surface area contributed by atoms with Crippen LogP contribution in [0.1, 0.15) is 108 Å². The molecule has 1 aromatic carbocycles. The molecule has 2 unspecified atom stereocenters. The van der Waals surface area contributed by atoms with Crippen molar-refractivity contribution in [1.82, 2.24) is 55.8 Å². The number of hydrogen-bond donors (Lipinski definition) is 12. The van der Waals surface area contributed by atoms with E-state index < -0.39 is 66.3 Å². The fourth-order valence-corrected chi connectivity index (χ4v) is 10.0. The molecular weight excluding hydrogens is 1120 g/mol. The number of carboxylic acids is 7. The number of carbonyl (C=O) groups excluding carboxylic acids is 2. The Morgan fingerprint density at radius 1 is 0.581 bits per heavy atom. The molecule has 1 saturated heterocycles. The summed E-state index contributed by atoms with van der Waals surface area (Å²) in [5, 5.41) is 78.3. The van der Waals surface area contributed by atoms with E-state index in [2.05, 4.69) is 41.4 Å². The molecule has 86 heavy (non-hydrogen) atoms. The Morgan fingerprint density at radius 2 is 1.14 bits per heavy atom. The van der Waals surface area contributed by atoms with Crippen molar-refractivity contribution in [3.63, 3.8) is 0 Å². The molecule has 2 heterocycles. The van der Waals surface area contributed by atoms with E-state index in [9.17, 15) is 68.7 Å². The van der Waals surface area contributed by atoms with Gasteiger partial charge in [-0.05, 0) is 81.0 Å². The number of aliphatic carboxylic acids is 7. The van der Waals surface area contributed by atoms with Crippen molar-refractivity contribution in [3.05, 3.63) is 29.8 Å². The summed E-state index contributed by atoms with van der Waals surface area (Å²) in [4.78, 5) is 130. The van der Waals surface area contributed by atoms with Gasteiger partial charge in [0.05, 0.1) is 26.2 Å². The largest absolute Gasteiger partial charge is 0.481 e. The number of carboxylic acid groups (broad SMARTS) is 7. The summed E-state index contributed by atoms with van der Waals surface area (Å²) in [7, 11) is 3.76. The van der Waals surface area contributed by atoms with E-state index in [4.69, 9.17) is 20.2 Å². The smallest absolute Gasteiger partial charge is 0.326 e. The van der Waals surface area contributed by atoms with Crippen molar-refractivity contribution in [2.24, 2.45) is 5.92 Å². The van der Waals surface area contributed by atoms with Gasteiger partial charge in [0.25, 0.3) is 0 Å². The van der Waals surface area contributed by atoms with Crippen LogP contribution in [0.5, 0.6) is 0 Å². The van der Waals surface area contributed by atoms with E-state index in [-0.39, 0.29) is 96.0 Å². The molecule has 0 radical (unpaired) electrons. The van der Waals surface area contributed by atoms with Crippen LogP contribution < -0.4 is 36.4 Å². The van der Waals surface area contributed by atoms with Gasteiger partial charge in [0.15, 0.2) is 0 Å². The van der Waals surface area contributed by atoms with Crippen LogP contribution >= 0.6 is 0 Å². The third-order valence-electron chi connectivity index (χ3n) is 14.8. The van der Waals surface area contributed by atoms with Gasteiger partial charge in [0.1, 0.15) is 12.1 Å². The average Bonchev–Trinajstić information content (AvgIpc) is 2.24. The van der Waals surface area contributed by atoms with Gasteiger partial charge in [-0.3, -0.25) is 48.4 Å². The number of piperazine rings is 1. The van der Waals surface area contributed by atoms with E-state index in [1.807, 2.05) is 48.2 Å². The Bertz CT molecular complexity index is 2490. The highest BCUT2D eigenvalue weighted by Gasteiger charge is 2.39. The maximum Gasteiger partial charge on any atom is 0.326 e. The van der Waals surface area contributed by atoms with Crippen LogP contribution in [0, 0.1) is 5.92 Å². The highest BCUT2D eigenvalue weighted by Crippen LogP contribution is 2.48. The Kier molecular flexibility index (Phi) is 31.8. The zero-order valence-electron chi connectivity index (χ0n) is 49.6. The molecule has 4 rings (SSSR count). The molecule has 2 aromatic rings. The molecule has 1 aliphatic heterocycles. The summed E-state index contributed by atoms with van der Waals surface area (Å²) in [6.45, 7) is 5.48. The SMILES string of the molecule is CN(C)c1nc(Nc2ccc(C3CC3CN(CCN(CCN(CCNCC(=O)O)CC(=O)O)CC(=O)O)CC(=O)O)cc2)nc(N2CCN(CCCCCCCCCCC(=O)NCCCC[C@H](NC(=O)N[C@@H](CCC(=O)O)C(=O)O)C(=O)O)CC2)n1. The lowest BCUT2D eigenvalue weighted by atomic mass is 10.1. The lowest BCUT2D eigenvalue weighted by molar-refractivity contribution is -0.141. The maximum atomic E-state index is 12.3. The maximum absolute atomic E-state index is 12.3. The summed E-state index contributed by atoms with van der Waals surface area (Å²) in [6, 6.07) is 4.22. The quantitative estimate of drug-likeness (QED) is 0.0419. The first-order valence-corrected chi connectivity index (χ1v) is 29.6. The minimum Gasteiger partial charge on any atom is -0.481 e. The monoisotopic (exact) mass is 1210 g/mol. The fourth-order valence-electron chi connectivity index (χ4n) is 10.0. The Morgan fingerprint density at radius 3 is 1.71 bits per heavy atom. The number of unbranched alkanes of at least 4 members (excludes halogenated alkanes) is 8. The van der Waals surface area contributed by atoms with Gasteiger partial charge in [0, 0.05) is 111 Å². The molecular formula is C56H90N14O16. The molecule has 30 nitrogen and oxygen atoms in total. The number of amides is 3. The number of nitrogens with zero attached hydrogens (tertiary/aromatic N) is 9. The predicted molar refractivity (Wildman–Crippen MR) is 316 cm³/mol. The molecule has 2 fully saturated rings. The lowest BCUT2D eigenvalue weighted by Crippen LogP contribution is -2.51. The van der Waals surface area contributed by atoms with Crippen molar-refractivity contribution < 1.29 is 78.9 Å². The molecule has 0 spiro atoms. The summed E-state index contributed by atoms with van der Waals surface area (Å²) < 4.78 is 0. The van der Waals surface area contributed by atoms with Crippen molar-refractivity contribution in [2.75, 3.05) is 140 Å². The molecule has 480 valence electrons. The van der Waals surface area contributed by atoms with Crippen molar-refractivity contribution in [1.29, 1.82) is 0 Å². The first kappa shape index (κ1) is 70.9. The molecule has 12 N–H and O–H groups in total. The minimum atomic E-state index is -1.49. The Hall–Kier alpha value is -7.54. The number of aromatic nitrogens is 3. The summed E-state index contributed by atoms with van der Waals surface area (Å²) in [5.74, 6) is -6.29. The highest BCUT2D eigenvalue weighted by atomic mass is 16.4. The van der Waals surface area contributed by atoms with E-state index in [1.54, 1.807) is 9.80 Å². The third kappa shape index (κ3) is 29.5. The fraction of sp³-hybridized carbons (Fsp3) is 0.679. The van der Waals surface area contributed by atoms with Crippen LogP contribution in [-0.2, 0) is 38.4 Å². The minimum absolute atomic E-state index is 0.0542. The second kappa shape index (κ2) is 38.5. The van der Waals surface area contributed by atoms with Crippen LogP contribution in [0.2, 0.25) is 0 Å². The van der Waals surface area contributed by atoms with E-state index in [1.165, 1.54) is 0 Å². The standard InChI is InChI=1S/C56H90N14O16/c1-65(2)54-62-53(59-41-17-15-39(16-18-41)42-33-40(42)35-69(38-50(80)81)28-27-68(37-49(78)79)26-25-67(36-48(76)77)24-22-57-34-47(74)75)63-55(64-54)70-31-29-66(30-32-70)23-12-8-6-4-3-5-7-9-14-45(71)58-21-11-10-13-43(51(82)83)60-56(86)61-44(52(84)85)19-20-46(72)73/h15-18,40,42-44,57H,3-14,19-38H2,1-2H3,(H,58,71)(H,72,73)(H,74,75)(H,76,77)(H,78,79)(H,80,81)(H,82,83)(H,84,85)(H2,60,61,86)(H,59,62,63,64)/t40?,42?,43-,44-/m0/s1. The number of anilines is 4. The van der Waals surface area contributed by atoms with Crippen LogP contribution in [0.3, 0.4) is 0 Å². The van der Waals surface area contributed by atoms with Crippen LogP contribution in [0.25, 0.3) is 0 Å². The van der Waals surface area contributed by atoms with Gasteiger partial charge in [-0.1, -0.05) is 50.7 Å². The molecule has 0 bridgehead atoms. The van der Waals surface area contributed by atoms with Crippen molar-refractivity contribution in [3.8, 4) is 0 Å². The molecule has 2 aliphatic rings. The van der Waals surface area contributed by atoms with E-state index >= 15 is 0 Å². The number of hydrogen-bond acceptors (Lipinski definition) is 20. The third-order valence-corrected chi connectivity index (χ3v) is 14.8. The zero-order valence-corrected chi connectivity index (χ0v) is 49.6. The van der Waals surface area contributed by atoms with Gasteiger partial charge < -0.3 is 72.1 Å². The normalized spacial score (nSPS) is 15.7. The van der Waals surface area contributed by atoms with Crippen LogP contribution in [-0.4, -0.2) is 261 Å². The van der Waals surface area contributed by atoms with E-state index in [0.29, 0.717) is 50.2 Å². The van der Waals surface area contributed by atoms with Gasteiger partial charge in [-0.15, -0.1) is 0 Å². The van der Waals surface area contributed by atoms with Gasteiger partial charge in [0.2, 0.25) is 23.8 Å². The van der Waals surface area contributed by atoms with Gasteiger partial charge in [-0.2, -0.15) is 15.0 Å². The number of urea groups is 1. The second-order valence-corrected chi connectivity index (χ2v) is 22.1. The van der Waals surface area contributed by atoms with Crippen LogP contribution in [0.4, 0.5) is 28.3 Å². The number of carbonyl (C=O) groups is 9. The first-order valence-electron chi connectivity index (χ1n) is 29.6. The topological polar surface area (TPSA) is 414 Å². The summed E-state index contributed by atoms with van der Waals surface area (Å²) in [5.41, 5.74) is 1.90. The molecule has 4 atom stereocenters. The second-order valence-electron chi connectivity index (χ2n) is 22.1. The average molecular weight is 1220 g/mol. The van der Waals surface area contributed by atoms with Gasteiger partial charge >= 0.3 is 47.8 Å². The highest BCUT2D eigenvalue weighted by molar-refractivity contribution is 5.86. The number of benzene rings is 1. The zero-order chi connectivity index (χ0) is 63.0. The predicted octanol–water partition coefficient (Wildman–Crippen LogP) is 1.61. The molecule has 30 heteroatoms. The number of nitrogens with one attached hydrogen (secondary N) is 5. The van der Waals surface area contributed by atoms with Gasteiger partial charge in [-0.25, -0.2) is 14.4 Å². The first-order chi connectivity index (χ1) is 41.0. The molecule has 1 aliphatic carbocycles. The number of rotatable bonds is 47. The Labute approximate surface area is 501 Å². The molecule has 1 aromatic heterocycles. The van der Waals surface area contributed by atoms with Crippen molar-refractivity contribution in [2.45, 2.75) is 114 Å². The Balaban J connectivity index is 1.10. The van der Waals surface area contributed by atoms with E-state index in [0.717, 1.165) is 102 Å². The summed E-state index contributed by atoms with van der Waals surface area (Å²) >= 11 is 0. The van der Waals surface area contributed by atoms with Crippen LogP contribution in [0.15, 0.2) is 24.3 Å². The lowest BCUT2D eigenvalue weighted by Gasteiger charge is -2.35. The molecule has 3 amide bonds.